The van der Waals surface area contributed by atoms with Crippen LogP contribution in [0.3, 0.4) is 0 Å². The summed E-state index contributed by atoms with van der Waals surface area (Å²) in [6, 6.07) is 0. The van der Waals surface area contributed by atoms with Crippen LogP contribution in [0.2, 0.25) is 5.28 Å². The summed E-state index contributed by atoms with van der Waals surface area (Å²) >= 11 is 5.97. The van der Waals surface area contributed by atoms with Crippen molar-refractivity contribution < 1.29 is 4.74 Å². The Bertz CT molecular complexity index is 612. The average Bonchev–Trinajstić information content (AvgIpc) is 2.91. The molecule has 2 aromatic heterocycles. The van der Waals surface area contributed by atoms with Gasteiger partial charge in [-0.2, -0.15) is 15.0 Å². The summed E-state index contributed by atoms with van der Waals surface area (Å²) in [5.41, 5.74) is 0. The maximum atomic E-state index is 5.97. The van der Waals surface area contributed by atoms with E-state index in [1.54, 1.807) is 6.33 Å². The predicted molar refractivity (Wildman–Crippen MR) is 76.2 cm³/mol. The predicted octanol–water partition coefficient (Wildman–Crippen LogP) is 0.102. The molecule has 0 spiro atoms. The number of nitrogens with one attached hydrogen (secondary N) is 1. The van der Waals surface area contributed by atoms with Crippen LogP contribution in [0, 0.1) is 0 Å². The SMILES string of the molecule is Cn1cnnc1CNc1nc(Cl)nc(N2CCOCC2)n1. The summed E-state index contributed by atoms with van der Waals surface area (Å²) in [5, 5.41) is 11.0. The molecule has 112 valence electrons. The van der Waals surface area contributed by atoms with E-state index in [0.29, 0.717) is 31.7 Å². The summed E-state index contributed by atoms with van der Waals surface area (Å²) in [6.45, 7) is 3.25. The van der Waals surface area contributed by atoms with Gasteiger partial charge in [0, 0.05) is 20.1 Å². The highest BCUT2D eigenvalue weighted by molar-refractivity contribution is 6.28. The summed E-state index contributed by atoms with van der Waals surface area (Å²) < 4.78 is 7.13. The monoisotopic (exact) mass is 310 g/mol. The zero-order chi connectivity index (χ0) is 14.7. The fourth-order valence-electron chi connectivity index (χ4n) is 1.95. The number of hydrogen-bond acceptors (Lipinski definition) is 8. The third-order valence-electron chi connectivity index (χ3n) is 3.10. The third kappa shape index (κ3) is 3.37. The first-order valence-electron chi connectivity index (χ1n) is 6.53. The lowest BCUT2D eigenvalue weighted by molar-refractivity contribution is 0.122. The topological polar surface area (TPSA) is 93.9 Å². The Balaban J connectivity index is 1.73. The number of halogens is 1. The molecule has 1 aliphatic heterocycles. The van der Waals surface area contributed by atoms with Crippen molar-refractivity contribution in [3.05, 3.63) is 17.4 Å². The molecule has 0 saturated carbocycles. The molecule has 1 N–H and O–H groups in total. The van der Waals surface area contributed by atoms with Crippen LogP contribution >= 0.6 is 11.6 Å². The normalized spacial score (nSPS) is 15.2. The molecule has 3 rings (SSSR count). The zero-order valence-electron chi connectivity index (χ0n) is 11.5. The van der Waals surface area contributed by atoms with Crippen molar-refractivity contribution >= 4 is 23.5 Å². The standard InChI is InChI=1S/C11H15ClN8O/c1-19-7-14-18-8(19)6-13-10-15-9(12)16-11(17-10)20-2-4-21-5-3-20/h7H,2-6H2,1H3,(H,13,15,16,17). The molecular weight excluding hydrogens is 296 g/mol. The molecular formula is C11H15ClN8O. The van der Waals surface area contributed by atoms with Crippen LogP contribution in [-0.2, 0) is 18.3 Å². The molecule has 0 amide bonds. The Labute approximate surface area is 126 Å². The molecule has 3 heterocycles. The van der Waals surface area contributed by atoms with E-state index in [4.69, 9.17) is 16.3 Å². The van der Waals surface area contributed by atoms with Gasteiger partial charge in [0.05, 0.1) is 19.8 Å². The van der Waals surface area contributed by atoms with E-state index < -0.39 is 0 Å². The number of aryl methyl sites for hydroxylation is 1. The van der Waals surface area contributed by atoms with E-state index in [2.05, 4.69) is 30.5 Å². The van der Waals surface area contributed by atoms with Crippen molar-refractivity contribution in [2.45, 2.75) is 6.54 Å². The van der Waals surface area contributed by atoms with Crippen LogP contribution < -0.4 is 10.2 Å². The maximum Gasteiger partial charge on any atom is 0.231 e. The molecule has 0 aromatic carbocycles. The average molecular weight is 311 g/mol. The van der Waals surface area contributed by atoms with Crippen LogP contribution in [-0.4, -0.2) is 56.0 Å². The van der Waals surface area contributed by atoms with Gasteiger partial charge >= 0.3 is 0 Å². The number of hydrogen-bond donors (Lipinski definition) is 1. The van der Waals surface area contributed by atoms with Gasteiger partial charge in [0.2, 0.25) is 17.2 Å². The number of anilines is 2. The second kappa shape index (κ2) is 6.19. The van der Waals surface area contributed by atoms with Gasteiger partial charge in [-0.15, -0.1) is 10.2 Å². The van der Waals surface area contributed by atoms with E-state index in [1.165, 1.54) is 0 Å². The van der Waals surface area contributed by atoms with Gasteiger partial charge in [0.15, 0.2) is 5.82 Å². The van der Waals surface area contributed by atoms with Gasteiger partial charge in [0.1, 0.15) is 6.33 Å². The Morgan fingerprint density at radius 3 is 2.81 bits per heavy atom. The molecule has 0 bridgehead atoms. The Morgan fingerprint density at radius 1 is 1.29 bits per heavy atom. The minimum Gasteiger partial charge on any atom is -0.378 e. The fraction of sp³-hybridized carbons (Fsp3) is 0.545. The molecule has 1 fully saturated rings. The molecule has 0 aliphatic carbocycles. The third-order valence-corrected chi connectivity index (χ3v) is 3.27. The first-order chi connectivity index (χ1) is 10.2. The molecule has 0 radical (unpaired) electrons. The lowest BCUT2D eigenvalue weighted by atomic mass is 10.4. The largest absolute Gasteiger partial charge is 0.378 e. The van der Waals surface area contributed by atoms with Crippen molar-refractivity contribution in [1.29, 1.82) is 0 Å². The van der Waals surface area contributed by atoms with E-state index >= 15 is 0 Å². The van der Waals surface area contributed by atoms with Gasteiger partial charge in [-0.1, -0.05) is 0 Å². The minimum atomic E-state index is 0.159. The summed E-state index contributed by atoms with van der Waals surface area (Å²) in [6.07, 6.45) is 1.64. The number of morpholine rings is 1. The first kappa shape index (κ1) is 14.0. The number of aromatic nitrogens is 6. The number of ether oxygens (including phenoxy) is 1. The van der Waals surface area contributed by atoms with Gasteiger partial charge < -0.3 is 19.5 Å². The van der Waals surface area contributed by atoms with Crippen molar-refractivity contribution in [3.8, 4) is 0 Å². The van der Waals surface area contributed by atoms with E-state index in [9.17, 15) is 0 Å². The summed E-state index contributed by atoms with van der Waals surface area (Å²) in [5.74, 6) is 1.75. The lowest BCUT2D eigenvalue weighted by Gasteiger charge is -2.26. The number of nitrogens with zero attached hydrogens (tertiary/aromatic N) is 7. The summed E-state index contributed by atoms with van der Waals surface area (Å²) in [7, 11) is 1.87. The Kier molecular flexibility index (Phi) is 4.11. The van der Waals surface area contributed by atoms with Crippen molar-refractivity contribution in [2.75, 3.05) is 36.5 Å². The van der Waals surface area contributed by atoms with Gasteiger partial charge in [-0.25, -0.2) is 0 Å². The molecule has 21 heavy (non-hydrogen) atoms. The minimum absolute atomic E-state index is 0.159. The summed E-state index contributed by atoms with van der Waals surface area (Å²) in [4.78, 5) is 14.6. The van der Waals surface area contributed by atoms with E-state index in [0.717, 1.165) is 18.9 Å². The highest BCUT2D eigenvalue weighted by Crippen LogP contribution is 2.15. The van der Waals surface area contributed by atoms with Crippen molar-refractivity contribution in [3.63, 3.8) is 0 Å². The fourth-order valence-corrected chi connectivity index (χ4v) is 2.10. The maximum absolute atomic E-state index is 5.97. The lowest BCUT2D eigenvalue weighted by Crippen LogP contribution is -2.37. The van der Waals surface area contributed by atoms with Gasteiger partial charge in [-0.3, -0.25) is 0 Å². The van der Waals surface area contributed by atoms with Crippen LogP contribution in [0.1, 0.15) is 5.82 Å². The van der Waals surface area contributed by atoms with Crippen LogP contribution in [0.25, 0.3) is 0 Å². The second-order valence-corrected chi connectivity index (χ2v) is 4.88. The van der Waals surface area contributed by atoms with Crippen LogP contribution in [0.15, 0.2) is 6.33 Å². The van der Waals surface area contributed by atoms with Crippen LogP contribution in [0.5, 0.6) is 0 Å². The molecule has 9 nitrogen and oxygen atoms in total. The molecule has 0 atom stereocenters. The highest BCUT2D eigenvalue weighted by Gasteiger charge is 2.16. The second-order valence-electron chi connectivity index (χ2n) is 4.54. The van der Waals surface area contributed by atoms with Crippen molar-refractivity contribution in [1.82, 2.24) is 29.7 Å². The highest BCUT2D eigenvalue weighted by atomic mass is 35.5. The Morgan fingerprint density at radius 2 is 2.10 bits per heavy atom. The Hall–Kier alpha value is -2.00. The van der Waals surface area contributed by atoms with Gasteiger partial charge in [-0.05, 0) is 11.6 Å². The van der Waals surface area contributed by atoms with E-state index in [-0.39, 0.29) is 5.28 Å². The smallest absolute Gasteiger partial charge is 0.231 e. The molecule has 2 aromatic rings. The molecule has 1 aliphatic rings. The van der Waals surface area contributed by atoms with Gasteiger partial charge in [0.25, 0.3) is 0 Å². The van der Waals surface area contributed by atoms with Crippen molar-refractivity contribution in [2.24, 2.45) is 7.05 Å². The first-order valence-corrected chi connectivity index (χ1v) is 6.91. The van der Waals surface area contributed by atoms with E-state index in [1.807, 2.05) is 16.5 Å². The van der Waals surface area contributed by atoms with Crippen LogP contribution in [0.4, 0.5) is 11.9 Å². The molecule has 0 unspecified atom stereocenters. The number of rotatable bonds is 4. The molecule has 1 saturated heterocycles. The molecule has 10 heteroatoms. The zero-order valence-corrected chi connectivity index (χ0v) is 12.3. The quantitative estimate of drug-likeness (QED) is 0.850.